The molecule has 1 aromatic rings. The van der Waals surface area contributed by atoms with Crippen molar-refractivity contribution in [3.63, 3.8) is 0 Å². The van der Waals surface area contributed by atoms with Crippen LogP contribution in [0.25, 0.3) is 0 Å². The Labute approximate surface area is 106 Å². The summed E-state index contributed by atoms with van der Waals surface area (Å²) in [7, 11) is 0. The molecule has 1 N–H and O–H groups in total. The summed E-state index contributed by atoms with van der Waals surface area (Å²) < 4.78 is 2.38. The van der Waals surface area contributed by atoms with Crippen molar-refractivity contribution >= 4 is 0 Å². The summed E-state index contributed by atoms with van der Waals surface area (Å²) in [6.45, 7) is 15.5. The molecule has 0 bridgehead atoms. The number of hydrogen-bond acceptors (Lipinski definition) is 1. The Morgan fingerprint density at radius 2 is 1.76 bits per heavy atom. The Morgan fingerprint density at radius 1 is 1.18 bits per heavy atom. The summed E-state index contributed by atoms with van der Waals surface area (Å²) in [5.41, 5.74) is 4.50. The molecule has 0 unspecified atom stereocenters. The lowest BCUT2D eigenvalue weighted by Gasteiger charge is -2.28. The number of hydrogen-bond donors (Lipinski definition) is 1. The smallest absolute Gasteiger partial charge is 0.0228 e. The lowest BCUT2D eigenvalue weighted by Crippen LogP contribution is -2.40. The van der Waals surface area contributed by atoms with Gasteiger partial charge in [-0.3, -0.25) is 0 Å². The van der Waals surface area contributed by atoms with Gasteiger partial charge >= 0.3 is 0 Å². The van der Waals surface area contributed by atoms with Gasteiger partial charge in [0.15, 0.2) is 0 Å². The van der Waals surface area contributed by atoms with E-state index in [-0.39, 0.29) is 5.54 Å². The number of rotatable bonds is 6. The largest absolute Gasteiger partial charge is 0.349 e. The normalized spacial score (nSPS) is 12.1. The zero-order valence-corrected chi connectivity index (χ0v) is 12.4. The van der Waals surface area contributed by atoms with E-state index in [1.807, 2.05) is 0 Å². The van der Waals surface area contributed by atoms with E-state index >= 15 is 0 Å². The number of nitrogens with one attached hydrogen (secondary N) is 1. The predicted molar refractivity (Wildman–Crippen MR) is 75.4 cm³/mol. The van der Waals surface area contributed by atoms with Crippen LogP contribution >= 0.6 is 0 Å². The number of aromatic nitrogens is 1. The first-order chi connectivity index (χ1) is 7.97. The van der Waals surface area contributed by atoms with E-state index < -0.39 is 0 Å². The summed E-state index contributed by atoms with van der Waals surface area (Å²) in [5.74, 6) is 0. The molecule has 0 spiro atoms. The van der Waals surface area contributed by atoms with E-state index in [0.29, 0.717) is 0 Å². The zero-order chi connectivity index (χ0) is 13.1. The molecule has 0 atom stereocenters. The monoisotopic (exact) mass is 236 g/mol. The Balaban J connectivity index is 2.76. The van der Waals surface area contributed by atoms with Crippen molar-refractivity contribution in [2.45, 2.75) is 73.0 Å². The third kappa shape index (κ3) is 3.12. The third-order valence-electron chi connectivity index (χ3n) is 4.26. The van der Waals surface area contributed by atoms with Crippen LogP contribution in [-0.2, 0) is 13.1 Å². The van der Waals surface area contributed by atoms with Gasteiger partial charge in [0.25, 0.3) is 0 Å². The highest BCUT2D eigenvalue weighted by Crippen LogP contribution is 2.18. The molecule has 0 fully saturated rings. The van der Waals surface area contributed by atoms with Gasteiger partial charge in [-0.1, -0.05) is 13.8 Å². The molecule has 2 nitrogen and oxygen atoms in total. The molecule has 17 heavy (non-hydrogen) atoms. The Kier molecular flexibility index (Phi) is 4.81. The van der Waals surface area contributed by atoms with Gasteiger partial charge < -0.3 is 9.88 Å². The molecular formula is C15H28N2. The quantitative estimate of drug-likeness (QED) is 0.795. The standard InChI is InChI=1S/C15H28N2/c1-7-15(6,8-2)16-11-14-10-12(4)17(9-3)13(14)5/h10,16H,7-9,11H2,1-6H3. The van der Waals surface area contributed by atoms with Crippen molar-refractivity contribution in [2.75, 3.05) is 0 Å². The van der Waals surface area contributed by atoms with Crippen LogP contribution in [0.2, 0.25) is 0 Å². The van der Waals surface area contributed by atoms with Gasteiger partial charge in [0, 0.05) is 30.0 Å². The lowest BCUT2D eigenvalue weighted by molar-refractivity contribution is 0.329. The first kappa shape index (κ1) is 14.3. The van der Waals surface area contributed by atoms with Crippen molar-refractivity contribution in [2.24, 2.45) is 0 Å². The fraction of sp³-hybridized carbons (Fsp3) is 0.733. The molecule has 0 saturated carbocycles. The van der Waals surface area contributed by atoms with Crippen molar-refractivity contribution in [1.29, 1.82) is 0 Å². The van der Waals surface area contributed by atoms with Crippen molar-refractivity contribution < 1.29 is 0 Å². The highest BCUT2D eigenvalue weighted by atomic mass is 15.0. The van der Waals surface area contributed by atoms with Crippen LogP contribution < -0.4 is 5.32 Å². The Bertz CT molecular complexity index is 359. The molecule has 1 aromatic heterocycles. The number of nitrogens with zero attached hydrogens (tertiary/aromatic N) is 1. The van der Waals surface area contributed by atoms with Crippen molar-refractivity contribution in [3.05, 3.63) is 23.0 Å². The minimum absolute atomic E-state index is 0.272. The summed E-state index contributed by atoms with van der Waals surface area (Å²) in [6, 6.07) is 2.32. The molecule has 98 valence electrons. The van der Waals surface area contributed by atoms with Crippen LogP contribution in [0.15, 0.2) is 6.07 Å². The summed E-state index contributed by atoms with van der Waals surface area (Å²) in [5, 5.41) is 3.70. The molecule has 1 heterocycles. The van der Waals surface area contributed by atoms with Gasteiger partial charge in [0.05, 0.1) is 0 Å². The predicted octanol–water partition coefficient (Wildman–Crippen LogP) is 3.79. The average molecular weight is 236 g/mol. The molecule has 0 radical (unpaired) electrons. The molecule has 0 aliphatic carbocycles. The Hall–Kier alpha value is -0.760. The second kappa shape index (κ2) is 5.72. The zero-order valence-electron chi connectivity index (χ0n) is 12.4. The summed E-state index contributed by atoms with van der Waals surface area (Å²) in [6.07, 6.45) is 2.35. The minimum atomic E-state index is 0.272. The third-order valence-corrected chi connectivity index (χ3v) is 4.26. The van der Waals surface area contributed by atoms with Crippen LogP contribution in [0.4, 0.5) is 0 Å². The molecular weight excluding hydrogens is 208 g/mol. The van der Waals surface area contributed by atoms with Crippen LogP contribution in [0.1, 0.15) is 57.5 Å². The highest BCUT2D eigenvalue weighted by Gasteiger charge is 2.19. The first-order valence-corrected chi connectivity index (χ1v) is 6.88. The van der Waals surface area contributed by atoms with E-state index in [2.05, 4.69) is 57.5 Å². The maximum atomic E-state index is 3.70. The minimum Gasteiger partial charge on any atom is -0.349 e. The molecule has 2 heteroatoms. The molecule has 0 amide bonds. The maximum absolute atomic E-state index is 3.70. The van der Waals surface area contributed by atoms with E-state index in [9.17, 15) is 0 Å². The molecule has 0 aromatic carbocycles. The first-order valence-electron chi connectivity index (χ1n) is 6.88. The SMILES string of the molecule is CCn1c(C)cc(CNC(C)(CC)CC)c1C. The lowest BCUT2D eigenvalue weighted by atomic mass is 9.95. The van der Waals surface area contributed by atoms with E-state index in [1.165, 1.54) is 29.8 Å². The number of aryl methyl sites for hydroxylation is 1. The molecule has 0 aliphatic rings. The second-order valence-electron chi connectivity index (χ2n) is 5.26. The second-order valence-corrected chi connectivity index (χ2v) is 5.26. The molecule has 0 saturated heterocycles. The maximum Gasteiger partial charge on any atom is 0.0228 e. The van der Waals surface area contributed by atoms with Crippen molar-refractivity contribution in [1.82, 2.24) is 9.88 Å². The fourth-order valence-electron chi connectivity index (χ4n) is 2.35. The topological polar surface area (TPSA) is 17.0 Å². The van der Waals surface area contributed by atoms with Gasteiger partial charge in [-0.05, 0) is 52.2 Å². The van der Waals surface area contributed by atoms with Gasteiger partial charge in [-0.25, -0.2) is 0 Å². The Morgan fingerprint density at radius 3 is 2.18 bits per heavy atom. The van der Waals surface area contributed by atoms with Gasteiger partial charge in [-0.2, -0.15) is 0 Å². The summed E-state index contributed by atoms with van der Waals surface area (Å²) in [4.78, 5) is 0. The van der Waals surface area contributed by atoms with Gasteiger partial charge in [-0.15, -0.1) is 0 Å². The summed E-state index contributed by atoms with van der Waals surface area (Å²) >= 11 is 0. The van der Waals surface area contributed by atoms with E-state index in [0.717, 1.165) is 13.1 Å². The molecule has 0 aliphatic heterocycles. The van der Waals surface area contributed by atoms with Crippen molar-refractivity contribution in [3.8, 4) is 0 Å². The van der Waals surface area contributed by atoms with Gasteiger partial charge in [0.1, 0.15) is 0 Å². The fourth-order valence-corrected chi connectivity index (χ4v) is 2.35. The van der Waals surface area contributed by atoms with E-state index in [1.54, 1.807) is 0 Å². The van der Waals surface area contributed by atoms with E-state index in [4.69, 9.17) is 0 Å². The highest BCUT2D eigenvalue weighted by molar-refractivity contribution is 5.26. The molecule has 1 rings (SSSR count). The average Bonchev–Trinajstić information content (AvgIpc) is 2.61. The van der Waals surface area contributed by atoms with Crippen LogP contribution in [0, 0.1) is 13.8 Å². The van der Waals surface area contributed by atoms with Crippen LogP contribution in [-0.4, -0.2) is 10.1 Å². The van der Waals surface area contributed by atoms with Crippen LogP contribution in [0.5, 0.6) is 0 Å². The van der Waals surface area contributed by atoms with Crippen LogP contribution in [0.3, 0.4) is 0 Å². The van der Waals surface area contributed by atoms with Gasteiger partial charge in [0.2, 0.25) is 0 Å².